The van der Waals surface area contributed by atoms with Crippen LogP contribution in [0.25, 0.3) is 0 Å². The lowest BCUT2D eigenvalue weighted by Crippen LogP contribution is -2.41. The first-order chi connectivity index (χ1) is 15.5. The second-order valence-electron chi connectivity index (χ2n) is 9.13. The van der Waals surface area contributed by atoms with Crippen LogP contribution in [0.2, 0.25) is 0 Å². The van der Waals surface area contributed by atoms with Crippen molar-refractivity contribution in [3.8, 4) is 5.75 Å². The van der Waals surface area contributed by atoms with Crippen molar-refractivity contribution in [2.75, 3.05) is 6.61 Å². The van der Waals surface area contributed by atoms with Crippen molar-refractivity contribution in [1.29, 1.82) is 0 Å². The van der Waals surface area contributed by atoms with Gasteiger partial charge in [0.05, 0.1) is 6.61 Å². The molecule has 0 fully saturated rings. The minimum atomic E-state index is -4.14. The van der Waals surface area contributed by atoms with Gasteiger partial charge in [-0.15, -0.1) is 9.66 Å². The molecule has 1 unspecified atom stereocenters. The second kappa shape index (κ2) is 14.3. The molecule has 1 rings (SSSR count). The van der Waals surface area contributed by atoms with E-state index in [1.807, 2.05) is 15.7 Å². The molecule has 9 heteroatoms. The molecule has 0 aromatic heterocycles. The quantitative estimate of drug-likeness (QED) is 0.146. The van der Waals surface area contributed by atoms with Gasteiger partial charge in [0.15, 0.2) is 9.99 Å². The zero-order valence-electron chi connectivity index (χ0n) is 21.0. The van der Waals surface area contributed by atoms with E-state index in [2.05, 4.69) is 27.7 Å². The summed E-state index contributed by atoms with van der Waals surface area (Å²) >= 11 is 0. The van der Waals surface area contributed by atoms with E-state index in [0.29, 0.717) is 6.61 Å². The number of benzene rings is 1. The first-order valence-electron chi connectivity index (χ1n) is 12.1. The molecule has 0 spiro atoms. The summed E-state index contributed by atoms with van der Waals surface area (Å²) in [6.45, 7) is 10.3. The molecule has 3 N–H and O–H groups in total. The highest BCUT2D eigenvalue weighted by Crippen LogP contribution is 2.34. The number of unbranched alkanes of at least 4 members (excludes halogenated alkanes) is 7. The molecule has 33 heavy (non-hydrogen) atoms. The smallest absolute Gasteiger partial charge is 0.257 e. The van der Waals surface area contributed by atoms with E-state index in [-0.39, 0.29) is 16.1 Å². The third-order valence-corrected chi connectivity index (χ3v) is 8.25. The fraction of sp³-hybridized carbons (Fsp3) is 0.708. The van der Waals surface area contributed by atoms with Crippen LogP contribution in [0.5, 0.6) is 5.75 Å². The summed E-state index contributed by atoms with van der Waals surface area (Å²) in [6.07, 6.45) is 10.8. The number of sulfonamides is 1. The summed E-state index contributed by atoms with van der Waals surface area (Å²) in [5.74, 6) is 0.246. The molecular formula is C24H44N2O5S2. The van der Waals surface area contributed by atoms with Crippen LogP contribution in [0.15, 0.2) is 23.1 Å². The summed E-state index contributed by atoms with van der Waals surface area (Å²) in [7, 11) is -7.76. The van der Waals surface area contributed by atoms with Crippen LogP contribution in [0, 0.1) is 0 Å². The zero-order valence-corrected chi connectivity index (χ0v) is 22.6. The predicted octanol–water partition coefficient (Wildman–Crippen LogP) is 5.56. The van der Waals surface area contributed by atoms with E-state index in [9.17, 15) is 17.2 Å². The van der Waals surface area contributed by atoms with Crippen molar-refractivity contribution < 1.29 is 21.9 Å². The van der Waals surface area contributed by atoms with Crippen LogP contribution in [-0.2, 0) is 25.4 Å². The lowest BCUT2D eigenvalue weighted by Gasteiger charge is -2.26. The first kappa shape index (κ1) is 29.9. The summed E-state index contributed by atoms with van der Waals surface area (Å²) in [5, 5.41) is 0.999. The monoisotopic (exact) mass is 504 g/mol. The molecule has 0 bridgehead atoms. The van der Waals surface area contributed by atoms with Gasteiger partial charge in [-0.25, -0.2) is 12.6 Å². The average Bonchev–Trinajstić information content (AvgIpc) is 2.77. The van der Waals surface area contributed by atoms with Gasteiger partial charge >= 0.3 is 0 Å². The Labute approximate surface area is 202 Å². The Morgan fingerprint density at radius 2 is 1.55 bits per heavy atom. The van der Waals surface area contributed by atoms with Crippen LogP contribution in [0.3, 0.4) is 0 Å². The standard InChI is InChI=1S/C24H44N2O5S2/c1-6-9-11-12-13-15-19-31-22-17-16-21(24(4,5)18-14-10-7-2)20-23(22)33(29,30)26-25-32(27,28)8-3/h8,16-17,20,26H,6-7,9-15,18-19H2,1-5H3,(H2,25,27,28). The maximum absolute atomic E-state index is 13.1. The molecule has 0 aliphatic heterocycles. The van der Waals surface area contributed by atoms with Crippen LogP contribution in [0.1, 0.15) is 104 Å². The number of hydrogen-bond acceptors (Lipinski definition) is 4. The highest BCUT2D eigenvalue weighted by Gasteiger charge is 2.26. The Morgan fingerprint density at radius 1 is 0.939 bits per heavy atom. The van der Waals surface area contributed by atoms with Crippen molar-refractivity contribution in [2.24, 2.45) is 0 Å². The summed E-state index contributed by atoms with van der Waals surface area (Å²) < 4.78 is 53.5. The van der Waals surface area contributed by atoms with Crippen LogP contribution >= 0.6 is 0 Å². The maximum Gasteiger partial charge on any atom is 0.257 e. The first-order valence-corrected chi connectivity index (χ1v) is 15.2. The molecule has 0 heterocycles. The van der Waals surface area contributed by atoms with Gasteiger partial charge in [0, 0.05) is 5.37 Å². The molecule has 7 nitrogen and oxygen atoms in total. The largest absolute Gasteiger partial charge is 0.492 e. The highest BCUT2D eigenvalue weighted by atomic mass is 32.2. The van der Waals surface area contributed by atoms with Gasteiger partial charge in [-0.05, 0) is 42.9 Å². The van der Waals surface area contributed by atoms with E-state index < -0.39 is 20.0 Å². The normalized spacial score (nSPS) is 14.1. The van der Waals surface area contributed by atoms with Crippen LogP contribution in [-0.4, -0.2) is 29.2 Å². The average molecular weight is 505 g/mol. The third-order valence-electron chi connectivity index (χ3n) is 5.82. The molecule has 1 atom stereocenters. The van der Waals surface area contributed by atoms with E-state index in [1.54, 1.807) is 12.1 Å². The molecule has 0 saturated carbocycles. The SMILES string of the molecule is CC=S(=O)(O)NNS(=O)(=O)c1cc(C(C)(C)CCCCC)ccc1OCCCCCCCC. The summed E-state index contributed by atoms with van der Waals surface area (Å²) in [4.78, 5) is 4.02. The molecule has 0 radical (unpaired) electrons. The molecule has 0 aliphatic carbocycles. The van der Waals surface area contributed by atoms with Gasteiger partial charge in [0.25, 0.3) is 10.0 Å². The van der Waals surface area contributed by atoms with Gasteiger partial charge < -0.3 is 9.29 Å². The van der Waals surface area contributed by atoms with Crippen molar-refractivity contribution in [3.63, 3.8) is 0 Å². The zero-order chi connectivity index (χ0) is 25.0. The molecule has 0 saturated heterocycles. The number of nitrogens with one attached hydrogen (secondary N) is 2. The minimum Gasteiger partial charge on any atom is -0.492 e. The Bertz CT molecular complexity index is 936. The minimum absolute atomic E-state index is 0.0339. The molecule has 0 amide bonds. The van der Waals surface area contributed by atoms with Gasteiger partial charge in [0.2, 0.25) is 0 Å². The fourth-order valence-electron chi connectivity index (χ4n) is 3.51. The Balaban J connectivity index is 3.10. The van der Waals surface area contributed by atoms with E-state index in [0.717, 1.165) is 55.9 Å². The topological polar surface area (TPSA) is 105 Å². The van der Waals surface area contributed by atoms with Gasteiger partial charge in [0.1, 0.15) is 10.6 Å². The molecule has 192 valence electrons. The van der Waals surface area contributed by atoms with E-state index in [1.165, 1.54) is 26.2 Å². The van der Waals surface area contributed by atoms with E-state index >= 15 is 0 Å². The Kier molecular flexibility index (Phi) is 13.0. The molecular weight excluding hydrogens is 460 g/mol. The third kappa shape index (κ3) is 10.8. The van der Waals surface area contributed by atoms with Crippen molar-refractivity contribution >= 4 is 25.4 Å². The number of rotatable bonds is 17. The van der Waals surface area contributed by atoms with Crippen molar-refractivity contribution in [3.05, 3.63) is 23.8 Å². The van der Waals surface area contributed by atoms with Gasteiger partial charge in [-0.1, -0.05) is 85.1 Å². The molecule has 0 aliphatic rings. The lowest BCUT2D eigenvalue weighted by atomic mass is 9.80. The Hall–Kier alpha value is -1.13. The number of hydrogen-bond donors (Lipinski definition) is 3. The summed E-state index contributed by atoms with van der Waals surface area (Å²) in [6, 6.07) is 5.25. The lowest BCUT2D eigenvalue weighted by molar-refractivity contribution is 0.296. The predicted molar refractivity (Wildman–Crippen MR) is 138 cm³/mol. The maximum atomic E-state index is 13.1. The van der Waals surface area contributed by atoms with Crippen molar-refractivity contribution in [2.45, 2.75) is 109 Å². The number of ether oxygens (including phenoxy) is 1. The second-order valence-corrected chi connectivity index (χ2v) is 12.6. The highest BCUT2D eigenvalue weighted by molar-refractivity contribution is 7.95. The van der Waals surface area contributed by atoms with Gasteiger partial charge in [-0.2, -0.15) is 0 Å². The molecule has 1 aromatic carbocycles. The van der Waals surface area contributed by atoms with Crippen LogP contribution < -0.4 is 14.4 Å². The van der Waals surface area contributed by atoms with Crippen LogP contribution in [0.4, 0.5) is 0 Å². The van der Waals surface area contributed by atoms with E-state index in [4.69, 9.17) is 4.74 Å². The molecule has 1 aromatic rings. The fourth-order valence-corrected chi connectivity index (χ4v) is 5.33. The Morgan fingerprint density at radius 3 is 2.18 bits per heavy atom. The number of hydrazine groups is 1. The van der Waals surface area contributed by atoms with Gasteiger partial charge in [-0.3, -0.25) is 0 Å². The van der Waals surface area contributed by atoms with Crippen molar-refractivity contribution in [1.82, 2.24) is 9.66 Å². The summed E-state index contributed by atoms with van der Waals surface area (Å²) in [5.41, 5.74) is 0.671.